The van der Waals surface area contributed by atoms with E-state index in [-0.39, 0.29) is 17.1 Å². The second-order valence-corrected chi connectivity index (χ2v) is 8.85. The third-order valence-electron chi connectivity index (χ3n) is 4.60. The zero-order valence-electron chi connectivity index (χ0n) is 17.9. The van der Waals surface area contributed by atoms with E-state index in [0.29, 0.717) is 22.2 Å². The van der Waals surface area contributed by atoms with Crippen LogP contribution in [0.5, 0.6) is 0 Å². The lowest BCUT2D eigenvalue weighted by molar-refractivity contribution is -0.113. The van der Waals surface area contributed by atoms with E-state index >= 15 is 0 Å². The summed E-state index contributed by atoms with van der Waals surface area (Å²) in [5, 5.41) is 11.5. The molecule has 8 nitrogen and oxygen atoms in total. The Kier molecular flexibility index (Phi) is 6.65. The Hall–Kier alpha value is -3.33. The van der Waals surface area contributed by atoms with Gasteiger partial charge in [0, 0.05) is 11.3 Å². The number of carbonyl (C=O) groups is 2. The number of methoxy groups -OCH3 is 1. The second-order valence-electron chi connectivity index (χ2n) is 7.91. The first kappa shape index (κ1) is 22.4. The van der Waals surface area contributed by atoms with E-state index < -0.39 is 5.97 Å². The zero-order valence-corrected chi connectivity index (χ0v) is 18.7. The summed E-state index contributed by atoms with van der Waals surface area (Å²) in [6.07, 6.45) is 0. The number of nitrogen functional groups attached to an aromatic ring is 1. The molecule has 0 aliphatic rings. The third kappa shape index (κ3) is 5.43. The predicted octanol–water partition coefficient (Wildman–Crippen LogP) is 3.47. The molecule has 0 fully saturated rings. The van der Waals surface area contributed by atoms with Crippen molar-refractivity contribution < 1.29 is 14.3 Å². The zero-order chi connectivity index (χ0) is 22.6. The molecule has 3 N–H and O–H groups in total. The summed E-state index contributed by atoms with van der Waals surface area (Å²) in [5.74, 6) is 6.13. The number of nitrogens with one attached hydrogen (secondary N) is 1. The van der Waals surface area contributed by atoms with Gasteiger partial charge in [0.2, 0.25) is 11.1 Å². The van der Waals surface area contributed by atoms with Crippen molar-refractivity contribution in [1.82, 2.24) is 14.9 Å². The molecule has 162 valence electrons. The average molecular weight is 440 g/mol. The minimum atomic E-state index is -0.431. The van der Waals surface area contributed by atoms with Gasteiger partial charge in [-0.05, 0) is 35.2 Å². The molecule has 3 rings (SSSR count). The molecule has 0 saturated carbocycles. The number of amides is 1. The molecule has 1 heterocycles. The number of hydrogen-bond acceptors (Lipinski definition) is 7. The van der Waals surface area contributed by atoms with Gasteiger partial charge in [0.05, 0.1) is 18.4 Å². The maximum absolute atomic E-state index is 12.3. The van der Waals surface area contributed by atoms with E-state index in [2.05, 4.69) is 53.2 Å². The molecule has 0 aliphatic carbocycles. The molecule has 1 amide bonds. The largest absolute Gasteiger partial charge is 0.465 e. The topological polar surface area (TPSA) is 112 Å². The number of aromatic nitrogens is 3. The molecule has 9 heteroatoms. The van der Waals surface area contributed by atoms with Gasteiger partial charge in [-0.2, -0.15) is 0 Å². The number of benzene rings is 2. The maximum Gasteiger partial charge on any atom is 0.337 e. The molecule has 0 spiro atoms. The molecule has 0 bridgehead atoms. The quantitative estimate of drug-likeness (QED) is 0.343. The number of carbonyl (C=O) groups excluding carboxylic acids is 2. The van der Waals surface area contributed by atoms with Crippen LogP contribution in [0.1, 0.15) is 36.7 Å². The number of ether oxygens (including phenoxy) is 1. The van der Waals surface area contributed by atoms with Crippen LogP contribution in [0.2, 0.25) is 0 Å². The molecule has 0 aliphatic heterocycles. The highest BCUT2D eigenvalue weighted by Gasteiger charge is 2.17. The highest BCUT2D eigenvalue weighted by Crippen LogP contribution is 2.26. The number of hydrogen-bond donors (Lipinski definition) is 2. The van der Waals surface area contributed by atoms with Crippen LogP contribution in [0.4, 0.5) is 5.69 Å². The minimum absolute atomic E-state index is 0.0585. The number of rotatable bonds is 6. The van der Waals surface area contributed by atoms with Gasteiger partial charge in [-0.25, -0.2) is 9.47 Å². The summed E-state index contributed by atoms with van der Waals surface area (Å²) in [6.45, 7) is 6.46. The maximum atomic E-state index is 12.3. The second kappa shape index (κ2) is 9.22. The van der Waals surface area contributed by atoms with E-state index in [1.807, 2.05) is 12.1 Å². The molecular formula is C22H25N5O3S. The molecule has 0 unspecified atom stereocenters. The van der Waals surface area contributed by atoms with Crippen LogP contribution in [-0.4, -0.2) is 39.6 Å². The fraction of sp³-hybridized carbons (Fsp3) is 0.273. The van der Waals surface area contributed by atoms with Crippen LogP contribution in [-0.2, 0) is 14.9 Å². The van der Waals surface area contributed by atoms with E-state index in [0.717, 1.165) is 5.56 Å². The van der Waals surface area contributed by atoms with Crippen molar-refractivity contribution in [2.75, 3.05) is 24.0 Å². The fourth-order valence-electron chi connectivity index (χ4n) is 2.83. The van der Waals surface area contributed by atoms with Crippen LogP contribution in [0, 0.1) is 0 Å². The Balaban J connectivity index is 1.61. The number of nitrogens with two attached hydrogens (primary N) is 1. The highest BCUT2D eigenvalue weighted by atomic mass is 32.2. The van der Waals surface area contributed by atoms with E-state index in [1.165, 1.54) is 29.1 Å². The average Bonchev–Trinajstić information content (AvgIpc) is 3.12. The van der Waals surface area contributed by atoms with Crippen LogP contribution >= 0.6 is 11.8 Å². The molecular weight excluding hydrogens is 414 g/mol. The van der Waals surface area contributed by atoms with Crippen molar-refractivity contribution in [3.05, 3.63) is 59.7 Å². The van der Waals surface area contributed by atoms with Crippen LogP contribution in [0.3, 0.4) is 0 Å². The van der Waals surface area contributed by atoms with Crippen molar-refractivity contribution in [2.24, 2.45) is 0 Å². The van der Waals surface area contributed by atoms with Gasteiger partial charge >= 0.3 is 5.97 Å². The standard InChI is InChI=1S/C22H25N5O3S/c1-22(2,3)16-9-5-14(6-10-16)19-25-26-21(27(19)23)31-13-18(28)24-17-11-7-15(8-12-17)20(29)30-4/h5-12H,13,23H2,1-4H3,(H,24,28). The number of esters is 1. The van der Waals surface area contributed by atoms with Crippen molar-refractivity contribution in [3.8, 4) is 11.4 Å². The highest BCUT2D eigenvalue weighted by molar-refractivity contribution is 7.99. The van der Waals surface area contributed by atoms with Gasteiger partial charge < -0.3 is 15.9 Å². The predicted molar refractivity (Wildman–Crippen MR) is 121 cm³/mol. The van der Waals surface area contributed by atoms with Crippen molar-refractivity contribution in [2.45, 2.75) is 31.3 Å². The van der Waals surface area contributed by atoms with Crippen LogP contribution < -0.4 is 11.2 Å². The van der Waals surface area contributed by atoms with Gasteiger partial charge in [-0.1, -0.05) is 56.8 Å². The Morgan fingerprint density at radius 1 is 1.06 bits per heavy atom. The molecule has 0 atom stereocenters. The Morgan fingerprint density at radius 3 is 2.29 bits per heavy atom. The Morgan fingerprint density at radius 2 is 1.71 bits per heavy atom. The summed E-state index contributed by atoms with van der Waals surface area (Å²) in [6, 6.07) is 14.5. The first-order chi connectivity index (χ1) is 14.7. The summed E-state index contributed by atoms with van der Waals surface area (Å²) in [5.41, 5.74) is 3.11. The fourth-order valence-corrected chi connectivity index (χ4v) is 3.48. The molecule has 1 aromatic heterocycles. The molecule has 3 aromatic rings. The smallest absolute Gasteiger partial charge is 0.337 e. The Labute approximate surface area is 185 Å². The molecule has 0 saturated heterocycles. The van der Waals surface area contributed by atoms with Crippen LogP contribution in [0.15, 0.2) is 53.7 Å². The third-order valence-corrected chi connectivity index (χ3v) is 5.54. The van der Waals surface area contributed by atoms with Crippen LogP contribution in [0.25, 0.3) is 11.4 Å². The molecule has 0 radical (unpaired) electrons. The SMILES string of the molecule is COC(=O)c1ccc(NC(=O)CSc2nnc(-c3ccc(C(C)(C)C)cc3)n2N)cc1. The number of nitrogens with zero attached hydrogens (tertiary/aromatic N) is 3. The van der Waals surface area contributed by atoms with Gasteiger partial charge in [0.1, 0.15) is 0 Å². The van der Waals surface area contributed by atoms with E-state index in [4.69, 9.17) is 5.84 Å². The number of thioether (sulfide) groups is 1. The lowest BCUT2D eigenvalue weighted by Crippen LogP contribution is -2.16. The van der Waals surface area contributed by atoms with Gasteiger partial charge in [0.25, 0.3) is 0 Å². The molecule has 31 heavy (non-hydrogen) atoms. The van der Waals surface area contributed by atoms with Crippen molar-refractivity contribution in [1.29, 1.82) is 0 Å². The summed E-state index contributed by atoms with van der Waals surface area (Å²) < 4.78 is 6.04. The minimum Gasteiger partial charge on any atom is -0.465 e. The summed E-state index contributed by atoms with van der Waals surface area (Å²) >= 11 is 1.19. The van der Waals surface area contributed by atoms with Crippen molar-refractivity contribution >= 4 is 29.3 Å². The lowest BCUT2D eigenvalue weighted by Gasteiger charge is -2.19. The summed E-state index contributed by atoms with van der Waals surface area (Å²) in [4.78, 5) is 23.7. The van der Waals surface area contributed by atoms with E-state index in [1.54, 1.807) is 24.3 Å². The number of anilines is 1. The van der Waals surface area contributed by atoms with Crippen molar-refractivity contribution in [3.63, 3.8) is 0 Å². The van der Waals surface area contributed by atoms with E-state index in [9.17, 15) is 9.59 Å². The van der Waals surface area contributed by atoms with Gasteiger partial charge in [-0.3, -0.25) is 4.79 Å². The Bertz CT molecular complexity index is 1070. The lowest BCUT2D eigenvalue weighted by atomic mass is 9.87. The normalized spacial score (nSPS) is 11.2. The first-order valence-electron chi connectivity index (χ1n) is 9.61. The van der Waals surface area contributed by atoms with Gasteiger partial charge in [-0.15, -0.1) is 10.2 Å². The first-order valence-corrected chi connectivity index (χ1v) is 10.6. The monoisotopic (exact) mass is 439 g/mol. The summed E-state index contributed by atoms with van der Waals surface area (Å²) in [7, 11) is 1.32. The van der Waals surface area contributed by atoms with Gasteiger partial charge in [0.15, 0.2) is 5.82 Å². The molecule has 2 aromatic carbocycles.